The first-order chi connectivity index (χ1) is 18.6. The molecule has 0 bridgehead atoms. The van der Waals surface area contributed by atoms with Crippen molar-refractivity contribution in [3.05, 3.63) is 117 Å². The molecular formula is C29H29N5O3S. The number of anilines is 1. The number of nitrogens with zero attached hydrogens (tertiary/aromatic N) is 3. The number of amides is 2. The molecule has 0 spiro atoms. The van der Waals surface area contributed by atoms with Crippen LogP contribution >= 0.6 is 11.3 Å². The molecule has 5 rings (SSSR count). The molecule has 1 fully saturated rings. The molecule has 0 radical (unpaired) electrons. The van der Waals surface area contributed by atoms with Gasteiger partial charge < -0.3 is 9.88 Å². The number of pyridine rings is 1. The first-order valence-corrected chi connectivity index (χ1v) is 13.5. The summed E-state index contributed by atoms with van der Waals surface area (Å²) in [6.45, 7) is 2.95. The van der Waals surface area contributed by atoms with E-state index in [0.717, 1.165) is 18.8 Å². The summed E-state index contributed by atoms with van der Waals surface area (Å²) in [5, 5.41) is 4.90. The van der Waals surface area contributed by atoms with E-state index >= 15 is 0 Å². The minimum atomic E-state index is -0.508. The van der Waals surface area contributed by atoms with Crippen LogP contribution in [0, 0.1) is 0 Å². The molecule has 1 aliphatic rings. The summed E-state index contributed by atoms with van der Waals surface area (Å²) < 4.78 is 0. The predicted octanol–water partition coefficient (Wildman–Crippen LogP) is 3.95. The molecule has 3 heterocycles. The van der Waals surface area contributed by atoms with Crippen LogP contribution in [0.15, 0.2) is 89.2 Å². The van der Waals surface area contributed by atoms with Crippen molar-refractivity contribution in [1.82, 2.24) is 19.8 Å². The Balaban J connectivity index is 1.14. The maximum absolute atomic E-state index is 13.0. The van der Waals surface area contributed by atoms with Gasteiger partial charge in [-0.2, -0.15) is 0 Å². The van der Waals surface area contributed by atoms with E-state index < -0.39 is 11.5 Å². The number of benzene rings is 2. The zero-order chi connectivity index (χ0) is 26.3. The number of aromatic nitrogens is 2. The van der Waals surface area contributed by atoms with Crippen molar-refractivity contribution in [2.75, 3.05) is 31.5 Å². The Morgan fingerprint density at radius 3 is 2.21 bits per heavy atom. The Bertz CT molecular complexity index is 1390. The molecule has 4 aromatic rings. The lowest BCUT2D eigenvalue weighted by Crippen LogP contribution is -2.49. The van der Waals surface area contributed by atoms with Gasteiger partial charge in [0.25, 0.3) is 11.5 Å². The minimum absolute atomic E-state index is 0.0281. The van der Waals surface area contributed by atoms with Gasteiger partial charge in [0.2, 0.25) is 5.91 Å². The van der Waals surface area contributed by atoms with Gasteiger partial charge in [0.05, 0.1) is 11.7 Å². The van der Waals surface area contributed by atoms with Crippen LogP contribution in [0.2, 0.25) is 0 Å². The summed E-state index contributed by atoms with van der Waals surface area (Å²) >= 11 is 1.28. The number of nitrogens with one attached hydrogen (secondary N) is 2. The topological polar surface area (TPSA) is 98.4 Å². The number of hydrogen-bond acceptors (Lipinski definition) is 6. The summed E-state index contributed by atoms with van der Waals surface area (Å²) in [7, 11) is 0. The van der Waals surface area contributed by atoms with Crippen LogP contribution in [0.3, 0.4) is 0 Å². The van der Waals surface area contributed by atoms with E-state index in [2.05, 4.69) is 68.7 Å². The molecule has 0 unspecified atom stereocenters. The average Bonchev–Trinajstić information content (AvgIpc) is 3.41. The van der Waals surface area contributed by atoms with Crippen molar-refractivity contribution in [1.29, 1.82) is 0 Å². The Morgan fingerprint density at radius 2 is 1.58 bits per heavy atom. The van der Waals surface area contributed by atoms with Crippen LogP contribution in [0.5, 0.6) is 0 Å². The van der Waals surface area contributed by atoms with E-state index in [-0.39, 0.29) is 17.5 Å². The van der Waals surface area contributed by atoms with E-state index in [1.807, 2.05) is 22.4 Å². The Kier molecular flexibility index (Phi) is 8.06. The molecule has 8 nitrogen and oxygen atoms in total. The molecule has 194 valence electrons. The highest BCUT2D eigenvalue weighted by Gasteiger charge is 2.28. The number of carbonyl (C=O) groups excluding carboxylic acids is 2. The predicted molar refractivity (Wildman–Crippen MR) is 148 cm³/mol. The van der Waals surface area contributed by atoms with E-state index in [1.54, 1.807) is 6.07 Å². The van der Waals surface area contributed by atoms with E-state index in [9.17, 15) is 14.4 Å². The number of hydrogen-bond donors (Lipinski definition) is 2. The van der Waals surface area contributed by atoms with Crippen LogP contribution in [-0.2, 0) is 11.2 Å². The van der Waals surface area contributed by atoms with Crippen LogP contribution in [-0.4, -0.2) is 57.8 Å². The molecule has 2 aromatic carbocycles. The van der Waals surface area contributed by atoms with Crippen molar-refractivity contribution in [2.24, 2.45) is 0 Å². The molecule has 0 saturated carbocycles. The lowest BCUT2D eigenvalue weighted by Gasteiger charge is -2.39. The highest BCUT2D eigenvalue weighted by Crippen LogP contribution is 2.29. The zero-order valence-electron chi connectivity index (χ0n) is 20.9. The maximum Gasteiger partial charge on any atom is 0.263 e. The second-order valence-corrected chi connectivity index (χ2v) is 10.0. The SMILES string of the molecule is O=C(Nc1nc(CCC(=O)N2CCN(C(c3ccccc3)c3ccccc3)CC2)cs1)c1ccc[nH]c1=O. The third kappa shape index (κ3) is 6.07. The van der Waals surface area contributed by atoms with Crippen molar-refractivity contribution < 1.29 is 9.59 Å². The maximum atomic E-state index is 13.0. The number of aromatic amines is 1. The molecule has 1 aliphatic heterocycles. The Labute approximate surface area is 225 Å². The molecule has 2 N–H and O–H groups in total. The molecule has 0 aliphatic carbocycles. The van der Waals surface area contributed by atoms with Gasteiger partial charge in [0.1, 0.15) is 5.56 Å². The Morgan fingerprint density at radius 1 is 0.921 bits per heavy atom. The Hall–Kier alpha value is -4.08. The molecule has 9 heteroatoms. The summed E-state index contributed by atoms with van der Waals surface area (Å²) in [4.78, 5) is 48.4. The highest BCUT2D eigenvalue weighted by atomic mass is 32.1. The third-order valence-corrected chi connectivity index (χ3v) is 7.50. The van der Waals surface area contributed by atoms with Gasteiger partial charge in [0.15, 0.2) is 5.13 Å². The second kappa shape index (κ2) is 12.0. The monoisotopic (exact) mass is 527 g/mol. The number of aryl methyl sites for hydroxylation is 1. The lowest BCUT2D eigenvalue weighted by molar-refractivity contribution is -0.133. The van der Waals surface area contributed by atoms with E-state index in [0.29, 0.717) is 31.1 Å². The molecule has 1 saturated heterocycles. The van der Waals surface area contributed by atoms with Crippen LogP contribution < -0.4 is 10.9 Å². The number of carbonyl (C=O) groups is 2. The number of piperazine rings is 1. The standard InChI is InChI=1S/C29H29N5O3S/c35-25(14-13-23-20-38-29(31-23)32-28(37)24-12-7-15-30-27(24)36)33-16-18-34(19-17-33)26(21-8-3-1-4-9-21)22-10-5-2-6-11-22/h1-12,15,20,26H,13-14,16-19H2,(H,30,36)(H,31,32,37). The quantitative estimate of drug-likeness (QED) is 0.362. The van der Waals surface area contributed by atoms with Crippen LogP contribution in [0.4, 0.5) is 5.13 Å². The molecular weight excluding hydrogens is 498 g/mol. The van der Waals surface area contributed by atoms with Gasteiger partial charge in [-0.15, -0.1) is 11.3 Å². The van der Waals surface area contributed by atoms with Crippen LogP contribution in [0.1, 0.15) is 39.6 Å². The fraction of sp³-hybridized carbons (Fsp3) is 0.241. The van der Waals surface area contributed by atoms with Gasteiger partial charge in [-0.05, 0) is 29.7 Å². The highest BCUT2D eigenvalue weighted by molar-refractivity contribution is 7.14. The fourth-order valence-electron chi connectivity index (χ4n) is 4.75. The van der Waals surface area contributed by atoms with Gasteiger partial charge in [-0.1, -0.05) is 60.7 Å². The van der Waals surface area contributed by atoms with Crippen LogP contribution in [0.25, 0.3) is 0 Å². The smallest absolute Gasteiger partial charge is 0.263 e. The molecule has 2 amide bonds. The first kappa shape index (κ1) is 25.6. The molecule has 2 aromatic heterocycles. The second-order valence-electron chi connectivity index (χ2n) is 9.15. The van der Waals surface area contributed by atoms with E-state index in [1.165, 1.54) is 34.7 Å². The number of H-pyrrole nitrogens is 1. The zero-order valence-corrected chi connectivity index (χ0v) is 21.7. The van der Waals surface area contributed by atoms with Crippen molar-refractivity contribution in [2.45, 2.75) is 18.9 Å². The van der Waals surface area contributed by atoms with Crippen molar-refractivity contribution in [3.8, 4) is 0 Å². The normalized spacial score (nSPS) is 14.0. The fourth-order valence-corrected chi connectivity index (χ4v) is 5.49. The third-order valence-electron chi connectivity index (χ3n) is 6.69. The first-order valence-electron chi connectivity index (χ1n) is 12.6. The van der Waals surface area contributed by atoms with Gasteiger partial charge in [-0.3, -0.25) is 24.6 Å². The van der Waals surface area contributed by atoms with Gasteiger partial charge in [-0.25, -0.2) is 4.98 Å². The summed E-state index contributed by atoms with van der Waals surface area (Å²) in [6, 6.07) is 24.2. The number of rotatable bonds is 8. The largest absolute Gasteiger partial charge is 0.340 e. The number of thiazole rings is 1. The average molecular weight is 528 g/mol. The van der Waals surface area contributed by atoms with E-state index in [4.69, 9.17) is 0 Å². The molecule has 38 heavy (non-hydrogen) atoms. The molecule has 0 atom stereocenters. The lowest BCUT2D eigenvalue weighted by atomic mass is 9.96. The van der Waals surface area contributed by atoms with Crippen molar-refractivity contribution in [3.63, 3.8) is 0 Å². The summed E-state index contributed by atoms with van der Waals surface area (Å²) in [5.74, 6) is -0.402. The van der Waals surface area contributed by atoms with Gasteiger partial charge in [0, 0.05) is 44.2 Å². The summed E-state index contributed by atoms with van der Waals surface area (Å²) in [5.41, 5.74) is 2.82. The van der Waals surface area contributed by atoms with Gasteiger partial charge >= 0.3 is 0 Å². The minimum Gasteiger partial charge on any atom is -0.340 e. The van der Waals surface area contributed by atoms with Crippen molar-refractivity contribution >= 4 is 28.3 Å². The summed E-state index contributed by atoms with van der Waals surface area (Å²) in [6.07, 6.45) is 2.33.